The number of carbonyl (C=O) groups excluding carboxylic acids is 2. The largest absolute Gasteiger partial charge is 0.326 e. The number of nitrogens with zero attached hydrogens (tertiary/aromatic N) is 2. The van der Waals surface area contributed by atoms with Gasteiger partial charge in [0.15, 0.2) is 0 Å². The van der Waals surface area contributed by atoms with Gasteiger partial charge < -0.3 is 4.90 Å². The minimum atomic E-state index is -4.64. The predicted octanol–water partition coefficient (Wildman–Crippen LogP) is -0.820. The van der Waals surface area contributed by atoms with Gasteiger partial charge >= 0.3 is 16.3 Å². The number of halogens is 1. The number of urea groups is 1. The van der Waals surface area contributed by atoms with Crippen LogP contribution in [0.4, 0.5) is 8.68 Å². The molecule has 0 bridgehead atoms. The second-order valence-electron chi connectivity index (χ2n) is 2.93. The smallest absolute Gasteiger partial charge is 0.318 e. The zero-order chi connectivity index (χ0) is 10.9. The van der Waals surface area contributed by atoms with Crippen molar-refractivity contribution in [3.8, 4) is 0 Å². The molecule has 0 radical (unpaired) electrons. The van der Waals surface area contributed by atoms with Crippen LogP contribution in [0.15, 0.2) is 0 Å². The third-order valence-corrected chi connectivity index (χ3v) is 2.46. The first-order valence-corrected chi connectivity index (χ1v) is 5.34. The van der Waals surface area contributed by atoms with Gasteiger partial charge in [0.2, 0.25) is 5.91 Å². The highest BCUT2D eigenvalue weighted by atomic mass is 32.3. The predicted molar refractivity (Wildman–Crippen MR) is 44.6 cm³/mol. The Balaban J connectivity index is 2.62. The van der Waals surface area contributed by atoms with Crippen LogP contribution >= 0.6 is 0 Å². The normalized spacial score (nSPS) is 18.1. The van der Waals surface area contributed by atoms with Gasteiger partial charge in [-0.05, 0) is 0 Å². The lowest BCUT2D eigenvalue weighted by Gasteiger charge is -2.11. The Morgan fingerprint density at radius 2 is 2.00 bits per heavy atom. The summed E-state index contributed by atoms with van der Waals surface area (Å²) in [6.45, 7) is -0.522. The summed E-state index contributed by atoms with van der Waals surface area (Å²) in [5, 5.41) is 0. The lowest BCUT2D eigenvalue weighted by Crippen LogP contribution is -2.35. The van der Waals surface area contributed by atoms with Crippen LogP contribution in [-0.4, -0.2) is 56.0 Å². The molecular formula is C6H9FN2O4S. The molecular weight excluding hydrogens is 215 g/mol. The molecule has 0 spiro atoms. The first-order chi connectivity index (χ1) is 6.31. The van der Waals surface area contributed by atoms with Crippen LogP contribution in [0.5, 0.6) is 0 Å². The number of hydrogen-bond acceptors (Lipinski definition) is 4. The van der Waals surface area contributed by atoms with Crippen molar-refractivity contribution in [1.29, 1.82) is 0 Å². The molecule has 0 aromatic rings. The summed E-state index contributed by atoms with van der Waals surface area (Å²) < 4.78 is 32.4. The SMILES string of the molecule is CN1CC(=O)N(CCS(=O)(=O)F)C1=O. The summed E-state index contributed by atoms with van der Waals surface area (Å²) in [4.78, 5) is 24.1. The summed E-state index contributed by atoms with van der Waals surface area (Å²) in [6, 6.07) is -0.598. The molecule has 0 N–H and O–H groups in total. The van der Waals surface area contributed by atoms with Crippen LogP contribution < -0.4 is 0 Å². The van der Waals surface area contributed by atoms with Crippen molar-refractivity contribution in [2.45, 2.75) is 0 Å². The molecule has 0 aromatic heterocycles. The number of rotatable bonds is 3. The molecule has 0 aromatic carbocycles. The van der Waals surface area contributed by atoms with Gasteiger partial charge in [-0.1, -0.05) is 0 Å². The average Bonchev–Trinajstić information content (AvgIpc) is 2.23. The highest BCUT2D eigenvalue weighted by Crippen LogP contribution is 2.07. The van der Waals surface area contributed by atoms with E-state index in [2.05, 4.69) is 0 Å². The lowest BCUT2D eigenvalue weighted by atomic mass is 10.5. The maximum Gasteiger partial charge on any atom is 0.326 e. The third-order valence-electron chi connectivity index (χ3n) is 1.79. The number of likely N-dealkylation sites (N-methyl/N-ethyl adjacent to an activating group) is 1. The fourth-order valence-electron chi connectivity index (χ4n) is 1.09. The molecule has 14 heavy (non-hydrogen) atoms. The van der Waals surface area contributed by atoms with Gasteiger partial charge in [0.1, 0.15) is 6.54 Å². The molecule has 0 saturated carbocycles. The zero-order valence-corrected chi connectivity index (χ0v) is 8.25. The summed E-state index contributed by atoms with van der Waals surface area (Å²) in [5.41, 5.74) is 0. The van der Waals surface area contributed by atoms with Gasteiger partial charge in [0.25, 0.3) is 0 Å². The minimum Gasteiger partial charge on any atom is -0.318 e. The van der Waals surface area contributed by atoms with Gasteiger partial charge in [0, 0.05) is 13.6 Å². The van der Waals surface area contributed by atoms with E-state index in [1.807, 2.05) is 0 Å². The highest BCUT2D eigenvalue weighted by Gasteiger charge is 2.33. The van der Waals surface area contributed by atoms with E-state index in [1.54, 1.807) is 0 Å². The summed E-state index contributed by atoms with van der Waals surface area (Å²) in [7, 11) is -3.23. The van der Waals surface area contributed by atoms with Gasteiger partial charge in [-0.3, -0.25) is 9.69 Å². The highest BCUT2D eigenvalue weighted by molar-refractivity contribution is 7.86. The van der Waals surface area contributed by atoms with Crippen molar-refractivity contribution >= 4 is 22.2 Å². The van der Waals surface area contributed by atoms with Crippen molar-refractivity contribution in [2.24, 2.45) is 0 Å². The van der Waals surface area contributed by atoms with Crippen LogP contribution in [0.25, 0.3) is 0 Å². The molecule has 0 unspecified atom stereocenters. The third kappa shape index (κ3) is 2.41. The Hall–Kier alpha value is -1.18. The molecule has 1 rings (SSSR count). The Bertz CT molecular complexity index is 366. The van der Waals surface area contributed by atoms with E-state index in [4.69, 9.17) is 0 Å². The average molecular weight is 224 g/mol. The Morgan fingerprint density at radius 3 is 2.36 bits per heavy atom. The van der Waals surface area contributed by atoms with E-state index in [0.29, 0.717) is 0 Å². The molecule has 80 valence electrons. The second kappa shape index (κ2) is 3.52. The van der Waals surface area contributed by atoms with E-state index in [9.17, 15) is 21.9 Å². The molecule has 1 aliphatic heterocycles. The van der Waals surface area contributed by atoms with Gasteiger partial charge in [-0.2, -0.15) is 8.42 Å². The van der Waals surface area contributed by atoms with Crippen molar-refractivity contribution in [3.63, 3.8) is 0 Å². The fraction of sp³-hybridized carbons (Fsp3) is 0.667. The Morgan fingerprint density at radius 1 is 1.43 bits per heavy atom. The van der Waals surface area contributed by atoms with Crippen molar-refractivity contribution in [2.75, 3.05) is 25.9 Å². The number of hydrogen-bond donors (Lipinski definition) is 0. The van der Waals surface area contributed by atoms with Gasteiger partial charge in [-0.25, -0.2) is 4.79 Å². The van der Waals surface area contributed by atoms with Crippen molar-refractivity contribution in [1.82, 2.24) is 9.80 Å². The maximum atomic E-state index is 12.1. The monoisotopic (exact) mass is 224 g/mol. The van der Waals surface area contributed by atoms with Crippen LogP contribution in [0.2, 0.25) is 0 Å². The number of amides is 3. The van der Waals surface area contributed by atoms with Crippen molar-refractivity contribution < 1.29 is 21.9 Å². The molecule has 6 nitrogen and oxygen atoms in total. The first kappa shape index (κ1) is 10.9. The fourth-order valence-corrected chi connectivity index (χ4v) is 1.49. The van der Waals surface area contributed by atoms with Gasteiger partial charge in [0.05, 0.1) is 5.75 Å². The Kier molecular flexibility index (Phi) is 2.74. The lowest BCUT2D eigenvalue weighted by molar-refractivity contribution is -0.125. The van der Waals surface area contributed by atoms with Crippen LogP contribution in [0.1, 0.15) is 0 Å². The topological polar surface area (TPSA) is 74.8 Å². The summed E-state index contributed by atoms with van der Waals surface area (Å²) >= 11 is 0. The second-order valence-corrected chi connectivity index (χ2v) is 4.41. The molecule has 1 heterocycles. The first-order valence-electron chi connectivity index (χ1n) is 3.79. The summed E-state index contributed by atoms with van der Waals surface area (Å²) in [5.74, 6) is -1.36. The zero-order valence-electron chi connectivity index (χ0n) is 7.43. The number of carbonyl (C=O) groups is 2. The Labute approximate surface area is 80.5 Å². The van der Waals surface area contributed by atoms with Crippen molar-refractivity contribution in [3.05, 3.63) is 0 Å². The van der Waals surface area contributed by atoms with Crippen LogP contribution in [0.3, 0.4) is 0 Å². The van der Waals surface area contributed by atoms with E-state index in [-0.39, 0.29) is 6.54 Å². The van der Waals surface area contributed by atoms with E-state index in [1.165, 1.54) is 7.05 Å². The van der Waals surface area contributed by atoms with E-state index < -0.39 is 34.5 Å². The molecule has 8 heteroatoms. The standard InChI is InChI=1S/C6H9FN2O4S/c1-8-4-5(10)9(6(8)11)2-3-14(7,12)13/h2-4H2,1H3. The molecule has 0 atom stereocenters. The number of imide groups is 1. The molecule has 1 saturated heterocycles. The van der Waals surface area contributed by atoms with Gasteiger partial charge in [-0.15, -0.1) is 3.89 Å². The van der Waals surface area contributed by atoms with Crippen LogP contribution in [0, 0.1) is 0 Å². The summed E-state index contributed by atoms with van der Waals surface area (Å²) in [6.07, 6.45) is 0. The van der Waals surface area contributed by atoms with Crippen LogP contribution in [-0.2, 0) is 15.0 Å². The molecule has 1 aliphatic rings. The molecule has 1 fully saturated rings. The minimum absolute atomic E-state index is 0.0921. The quantitative estimate of drug-likeness (QED) is 0.463. The van der Waals surface area contributed by atoms with E-state index in [0.717, 1.165) is 9.80 Å². The maximum absolute atomic E-state index is 12.1. The molecule has 3 amide bonds. The molecule has 0 aliphatic carbocycles. The van der Waals surface area contributed by atoms with E-state index >= 15 is 0 Å².